The molecule has 0 saturated carbocycles. The van der Waals surface area contributed by atoms with Crippen molar-refractivity contribution in [3.8, 4) is 16.9 Å². The van der Waals surface area contributed by atoms with Crippen LogP contribution in [-0.2, 0) is 4.74 Å². The monoisotopic (exact) mass is 461 g/mol. The molecule has 1 aromatic carbocycles. The van der Waals surface area contributed by atoms with Gasteiger partial charge in [0.1, 0.15) is 17.2 Å². The Kier molecular flexibility index (Phi) is 6.36. The molecule has 1 atom stereocenters. The second-order valence-corrected chi connectivity index (χ2v) is 9.05. The van der Waals surface area contributed by atoms with E-state index in [4.69, 9.17) is 9.47 Å². The smallest absolute Gasteiger partial charge is 0.410 e. The first-order valence-electron chi connectivity index (χ1n) is 9.73. The Balaban J connectivity index is 1.78. The fourth-order valence-corrected chi connectivity index (χ4v) is 3.99. The molecule has 1 amide bonds. The predicted molar refractivity (Wildman–Crippen MR) is 119 cm³/mol. The number of carbonyl (C=O) groups excluding carboxylic acids is 1. The number of rotatable bonds is 3. The number of carbonyl (C=O) groups is 1. The van der Waals surface area contributed by atoms with Crippen LogP contribution in [0, 0.1) is 0 Å². The average Bonchev–Trinajstić information content (AvgIpc) is 2.66. The molecule has 29 heavy (non-hydrogen) atoms. The summed E-state index contributed by atoms with van der Waals surface area (Å²) in [5.41, 5.74) is 1.55. The summed E-state index contributed by atoms with van der Waals surface area (Å²) in [6, 6.07) is 10.1. The molecule has 1 aliphatic rings. The minimum absolute atomic E-state index is 0.0319. The molecular formula is C22H28BrN3O3. The van der Waals surface area contributed by atoms with Crippen LogP contribution in [0.5, 0.6) is 5.75 Å². The fourth-order valence-electron chi connectivity index (χ4n) is 3.46. The quantitative estimate of drug-likeness (QED) is 0.645. The number of halogens is 1. The van der Waals surface area contributed by atoms with Gasteiger partial charge in [0.2, 0.25) is 0 Å². The maximum Gasteiger partial charge on any atom is 0.410 e. The summed E-state index contributed by atoms with van der Waals surface area (Å²) in [6.07, 6.45) is 1.56. The molecule has 2 heterocycles. The lowest BCUT2D eigenvalue weighted by Gasteiger charge is -2.40. The van der Waals surface area contributed by atoms with E-state index >= 15 is 0 Å². The van der Waals surface area contributed by atoms with Crippen LogP contribution >= 0.6 is 15.9 Å². The number of para-hydroxylation sites is 1. The largest absolute Gasteiger partial charge is 0.495 e. The van der Waals surface area contributed by atoms with Gasteiger partial charge in [-0.2, -0.15) is 0 Å². The highest BCUT2D eigenvalue weighted by Crippen LogP contribution is 2.37. The van der Waals surface area contributed by atoms with Crippen LogP contribution in [-0.4, -0.2) is 54.4 Å². The molecule has 0 radical (unpaired) electrons. The van der Waals surface area contributed by atoms with Crippen LogP contribution in [0.1, 0.15) is 27.7 Å². The van der Waals surface area contributed by atoms with Crippen molar-refractivity contribution in [1.82, 2.24) is 9.88 Å². The number of benzene rings is 1. The number of anilines is 1. The SMILES string of the molecule is COc1c(Br)cccc1-c1ccnc(N2CCN(C(=O)OC(C)(C)C)[C@H](C)C2)c1. The second kappa shape index (κ2) is 8.61. The lowest BCUT2D eigenvalue weighted by molar-refractivity contribution is 0.0158. The summed E-state index contributed by atoms with van der Waals surface area (Å²) in [7, 11) is 1.67. The first kappa shape index (κ1) is 21.4. The van der Waals surface area contributed by atoms with E-state index in [1.54, 1.807) is 12.0 Å². The predicted octanol–water partition coefficient (Wildman–Crippen LogP) is 4.97. The van der Waals surface area contributed by atoms with Gasteiger partial charge >= 0.3 is 6.09 Å². The van der Waals surface area contributed by atoms with Crippen molar-refractivity contribution in [2.45, 2.75) is 39.3 Å². The van der Waals surface area contributed by atoms with Gasteiger partial charge in [-0.1, -0.05) is 12.1 Å². The average molecular weight is 462 g/mol. The zero-order chi connectivity index (χ0) is 21.2. The number of nitrogens with zero attached hydrogens (tertiary/aromatic N) is 3. The van der Waals surface area contributed by atoms with Gasteiger partial charge in [0.05, 0.1) is 11.6 Å². The molecular weight excluding hydrogens is 434 g/mol. The summed E-state index contributed by atoms with van der Waals surface area (Å²) in [5.74, 6) is 1.69. The second-order valence-electron chi connectivity index (χ2n) is 8.19. The Morgan fingerprint density at radius 3 is 2.66 bits per heavy atom. The summed E-state index contributed by atoms with van der Waals surface area (Å²) in [4.78, 5) is 21.0. The van der Waals surface area contributed by atoms with Crippen LogP contribution in [0.15, 0.2) is 41.0 Å². The number of aromatic nitrogens is 1. The molecule has 0 N–H and O–H groups in total. The Morgan fingerprint density at radius 1 is 1.24 bits per heavy atom. The van der Waals surface area contributed by atoms with E-state index in [2.05, 4.69) is 31.9 Å². The van der Waals surface area contributed by atoms with E-state index in [9.17, 15) is 4.79 Å². The van der Waals surface area contributed by atoms with Gasteiger partial charge in [0.25, 0.3) is 0 Å². The molecule has 1 fully saturated rings. The highest BCUT2D eigenvalue weighted by molar-refractivity contribution is 9.10. The minimum atomic E-state index is -0.493. The maximum absolute atomic E-state index is 12.5. The third-order valence-corrected chi connectivity index (χ3v) is 5.43. The molecule has 1 saturated heterocycles. The number of pyridine rings is 1. The first-order chi connectivity index (χ1) is 13.7. The van der Waals surface area contributed by atoms with Crippen LogP contribution < -0.4 is 9.64 Å². The lowest BCUT2D eigenvalue weighted by Crippen LogP contribution is -2.55. The summed E-state index contributed by atoms with van der Waals surface area (Å²) in [5, 5.41) is 0. The summed E-state index contributed by atoms with van der Waals surface area (Å²) in [6.45, 7) is 9.70. The van der Waals surface area contributed by atoms with Crippen molar-refractivity contribution in [2.75, 3.05) is 31.6 Å². The molecule has 0 aliphatic carbocycles. The third-order valence-electron chi connectivity index (χ3n) is 4.81. The number of methoxy groups -OCH3 is 1. The van der Waals surface area contributed by atoms with Crippen LogP contribution in [0.25, 0.3) is 11.1 Å². The van der Waals surface area contributed by atoms with Crippen LogP contribution in [0.4, 0.5) is 10.6 Å². The minimum Gasteiger partial charge on any atom is -0.495 e. The van der Waals surface area contributed by atoms with E-state index in [0.29, 0.717) is 19.6 Å². The molecule has 0 unspecified atom stereocenters. The molecule has 1 aliphatic heterocycles. The maximum atomic E-state index is 12.5. The number of amides is 1. The van der Waals surface area contributed by atoms with Crippen molar-refractivity contribution >= 4 is 27.8 Å². The van der Waals surface area contributed by atoms with Gasteiger partial charge in [0.15, 0.2) is 0 Å². The molecule has 156 valence electrons. The van der Waals surface area contributed by atoms with Crippen LogP contribution in [0.2, 0.25) is 0 Å². The third kappa shape index (κ3) is 5.01. The van der Waals surface area contributed by atoms with E-state index < -0.39 is 5.60 Å². The molecule has 0 spiro atoms. The van der Waals surface area contributed by atoms with E-state index in [1.807, 2.05) is 58.2 Å². The molecule has 7 heteroatoms. The number of piperazine rings is 1. The number of ether oxygens (including phenoxy) is 2. The first-order valence-corrected chi connectivity index (χ1v) is 10.5. The highest BCUT2D eigenvalue weighted by atomic mass is 79.9. The Labute approximate surface area is 180 Å². The van der Waals surface area contributed by atoms with Crippen molar-refractivity contribution < 1.29 is 14.3 Å². The zero-order valence-electron chi connectivity index (χ0n) is 17.6. The van der Waals surface area contributed by atoms with Crippen molar-refractivity contribution in [3.05, 3.63) is 41.0 Å². The van der Waals surface area contributed by atoms with Gasteiger partial charge in [-0.15, -0.1) is 0 Å². The number of hydrogen-bond donors (Lipinski definition) is 0. The lowest BCUT2D eigenvalue weighted by atomic mass is 10.1. The number of hydrogen-bond acceptors (Lipinski definition) is 5. The molecule has 1 aromatic heterocycles. The van der Waals surface area contributed by atoms with Gasteiger partial charge in [0, 0.05) is 37.4 Å². The molecule has 6 nitrogen and oxygen atoms in total. The zero-order valence-corrected chi connectivity index (χ0v) is 19.2. The van der Waals surface area contributed by atoms with Crippen molar-refractivity contribution in [3.63, 3.8) is 0 Å². The van der Waals surface area contributed by atoms with Gasteiger partial charge in [-0.3, -0.25) is 0 Å². The Hall–Kier alpha value is -2.28. The normalized spacial score (nSPS) is 17.2. The van der Waals surface area contributed by atoms with Gasteiger partial charge < -0.3 is 19.3 Å². The summed E-state index contributed by atoms with van der Waals surface area (Å²) < 4.78 is 12.0. The van der Waals surface area contributed by atoms with Crippen LogP contribution in [0.3, 0.4) is 0 Å². The standard InChI is InChI=1S/C22H28BrN3O3/c1-15-14-25(11-12-26(15)21(27)29-22(2,3)4)19-13-16(9-10-24-19)17-7-6-8-18(23)20(17)28-5/h6-10,13,15H,11-12,14H2,1-5H3/t15-/m1/s1. The Bertz CT molecular complexity index is 882. The molecule has 0 bridgehead atoms. The van der Waals surface area contributed by atoms with E-state index in [1.165, 1.54) is 0 Å². The van der Waals surface area contributed by atoms with Gasteiger partial charge in [-0.05, 0) is 67.4 Å². The van der Waals surface area contributed by atoms with E-state index in [0.717, 1.165) is 27.2 Å². The Morgan fingerprint density at radius 2 is 2.00 bits per heavy atom. The van der Waals surface area contributed by atoms with E-state index in [-0.39, 0.29) is 12.1 Å². The highest BCUT2D eigenvalue weighted by Gasteiger charge is 2.31. The summed E-state index contributed by atoms with van der Waals surface area (Å²) >= 11 is 3.55. The van der Waals surface area contributed by atoms with Gasteiger partial charge in [-0.25, -0.2) is 9.78 Å². The topological polar surface area (TPSA) is 54.9 Å². The van der Waals surface area contributed by atoms with Crippen molar-refractivity contribution in [2.24, 2.45) is 0 Å². The van der Waals surface area contributed by atoms with Crippen molar-refractivity contribution in [1.29, 1.82) is 0 Å². The fraction of sp³-hybridized carbons (Fsp3) is 0.455. The molecule has 3 rings (SSSR count). The molecule has 2 aromatic rings.